The topological polar surface area (TPSA) is 113 Å². The lowest BCUT2D eigenvalue weighted by molar-refractivity contribution is -0.130. The summed E-state index contributed by atoms with van der Waals surface area (Å²) in [6.07, 6.45) is 7.33. The van der Waals surface area contributed by atoms with Crippen LogP contribution in [-0.4, -0.2) is 54.7 Å². The van der Waals surface area contributed by atoms with E-state index in [2.05, 4.69) is 45.2 Å². The number of hydrogen-bond donors (Lipinski definition) is 3. The fraction of sp³-hybridized carbons (Fsp3) is 0.367. The molecule has 5 N–H and O–H groups in total. The van der Waals surface area contributed by atoms with Gasteiger partial charge in [-0.05, 0) is 61.1 Å². The van der Waals surface area contributed by atoms with Crippen molar-refractivity contribution in [3.8, 4) is 0 Å². The lowest BCUT2D eigenvalue weighted by atomic mass is 9.92. The van der Waals surface area contributed by atoms with E-state index >= 15 is 0 Å². The molecule has 3 heterocycles. The Bertz CT molecular complexity index is 1310. The molecule has 198 valence electrons. The summed E-state index contributed by atoms with van der Waals surface area (Å²) in [5.41, 5.74) is 19.4. The zero-order chi connectivity index (χ0) is 26.6. The summed E-state index contributed by atoms with van der Waals surface area (Å²) in [5, 5.41) is 3.57. The van der Waals surface area contributed by atoms with E-state index in [4.69, 9.17) is 16.5 Å². The number of likely N-dealkylation sites (tertiary alicyclic amines) is 1. The van der Waals surface area contributed by atoms with E-state index in [1.54, 1.807) is 13.3 Å². The summed E-state index contributed by atoms with van der Waals surface area (Å²) in [6, 6.07) is 16.1. The van der Waals surface area contributed by atoms with Crippen molar-refractivity contribution >= 4 is 35.0 Å². The third kappa shape index (κ3) is 5.22. The number of nitrogen functional groups attached to an aromatic ring is 1. The fourth-order valence-corrected chi connectivity index (χ4v) is 5.69. The Morgan fingerprint density at radius 2 is 1.84 bits per heavy atom. The number of nitrogens with zero attached hydrogens (tertiary/aromatic N) is 4. The highest BCUT2D eigenvalue weighted by Crippen LogP contribution is 2.34. The minimum absolute atomic E-state index is 0.317. The largest absolute Gasteiger partial charge is 0.398 e. The Balaban J connectivity index is 1.31. The van der Waals surface area contributed by atoms with Crippen LogP contribution in [0.3, 0.4) is 0 Å². The predicted octanol–water partition coefficient (Wildman–Crippen LogP) is 4.40. The van der Waals surface area contributed by atoms with Gasteiger partial charge in [0, 0.05) is 62.3 Å². The summed E-state index contributed by atoms with van der Waals surface area (Å²) in [5.74, 6) is 1.28. The number of rotatable bonds is 7. The van der Waals surface area contributed by atoms with Crippen molar-refractivity contribution in [2.75, 3.05) is 42.6 Å². The molecule has 0 radical (unpaired) electrons. The van der Waals surface area contributed by atoms with Gasteiger partial charge in [0.15, 0.2) is 0 Å². The summed E-state index contributed by atoms with van der Waals surface area (Å²) >= 11 is 0. The van der Waals surface area contributed by atoms with E-state index in [0.29, 0.717) is 24.1 Å². The number of pyridine rings is 1. The lowest BCUT2D eigenvalue weighted by Gasteiger charge is -2.37. The van der Waals surface area contributed by atoms with Crippen LogP contribution in [0.4, 0.5) is 22.9 Å². The van der Waals surface area contributed by atoms with Gasteiger partial charge < -0.3 is 26.6 Å². The zero-order valence-corrected chi connectivity index (χ0v) is 22.2. The van der Waals surface area contributed by atoms with Gasteiger partial charge in [-0.2, -0.15) is 0 Å². The average molecular weight is 512 g/mol. The maximum atomic E-state index is 12.1. The number of nitrogens with two attached hydrogens (primary N) is 2. The van der Waals surface area contributed by atoms with E-state index in [9.17, 15) is 4.79 Å². The molecule has 3 aromatic rings. The number of aryl methyl sites for hydroxylation is 1. The third-order valence-corrected chi connectivity index (χ3v) is 7.76. The zero-order valence-electron chi connectivity index (χ0n) is 22.2. The number of aromatic nitrogens is 1. The average Bonchev–Trinajstić information content (AvgIpc) is 3.37. The molecule has 0 spiro atoms. The first-order valence-corrected chi connectivity index (χ1v) is 13.4. The molecule has 8 heteroatoms. The van der Waals surface area contributed by atoms with Crippen LogP contribution >= 0.6 is 0 Å². The highest BCUT2D eigenvalue weighted by molar-refractivity contribution is 5.89. The van der Waals surface area contributed by atoms with Crippen LogP contribution < -0.4 is 21.7 Å². The molecule has 5 rings (SSSR count). The first-order valence-electron chi connectivity index (χ1n) is 13.4. The van der Waals surface area contributed by atoms with Crippen LogP contribution in [0.15, 0.2) is 59.7 Å². The Labute approximate surface area is 224 Å². The number of nitrogens with one attached hydrogen (secondary N) is 1. The maximum Gasteiger partial charge on any atom is 0.222 e. The van der Waals surface area contributed by atoms with Crippen molar-refractivity contribution in [1.82, 2.24) is 9.88 Å². The fourth-order valence-electron chi connectivity index (χ4n) is 5.69. The van der Waals surface area contributed by atoms with E-state index in [-0.39, 0.29) is 6.04 Å². The van der Waals surface area contributed by atoms with Crippen LogP contribution in [0.1, 0.15) is 54.0 Å². The second kappa shape index (κ2) is 11.2. The number of hydrogen-bond acceptors (Lipinski definition) is 7. The molecule has 0 aliphatic carbocycles. The number of benzene rings is 2. The SMILES string of the molecule is CN=Cc1c(N)cccc1C(N)c1cccc(C)c1Nc1ccc(N2CCC(N3CCCC3=O)CC2)nc1. The molecule has 2 aliphatic heterocycles. The Kier molecular flexibility index (Phi) is 7.60. The molecule has 8 nitrogen and oxygen atoms in total. The van der Waals surface area contributed by atoms with Gasteiger partial charge in [-0.3, -0.25) is 9.79 Å². The van der Waals surface area contributed by atoms with Crippen LogP contribution in [-0.2, 0) is 4.79 Å². The quantitative estimate of drug-likeness (QED) is 0.320. The second-order valence-electron chi connectivity index (χ2n) is 10.2. The predicted molar refractivity (Wildman–Crippen MR) is 155 cm³/mol. The highest BCUT2D eigenvalue weighted by atomic mass is 16.2. The molecule has 0 bridgehead atoms. The van der Waals surface area contributed by atoms with Crippen LogP contribution in [0.25, 0.3) is 0 Å². The molecule has 2 aliphatic rings. The van der Waals surface area contributed by atoms with Gasteiger partial charge in [0.05, 0.1) is 17.9 Å². The highest BCUT2D eigenvalue weighted by Gasteiger charge is 2.31. The van der Waals surface area contributed by atoms with Crippen molar-refractivity contribution in [3.63, 3.8) is 0 Å². The molecule has 1 unspecified atom stereocenters. The normalized spacial score (nSPS) is 17.4. The van der Waals surface area contributed by atoms with Crippen molar-refractivity contribution in [2.24, 2.45) is 10.7 Å². The monoisotopic (exact) mass is 511 g/mol. The number of carbonyl (C=O) groups is 1. The number of piperidine rings is 1. The lowest BCUT2D eigenvalue weighted by Crippen LogP contribution is -2.45. The molecule has 1 aromatic heterocycles. The molecular formula is C30H37N7O. The van der Waals surface area contributed by atoms with E-state index in [1.165, 1.54) is 0 Å². The minimum Gasteiger partial charge on any atom is -0.398 e. The summed E-state index contributed by atoms with van der Waals surface area (Å²) in [7, 11) is 1.73. The molecule has 1 atom stereocenters. The van der Waals surface area contributed by atoms with Crippen LogP contribution in [0, 0.1) is 6.92 Å². The van der Waals surface area contributed by atoms with E-state index in [0.717, 1.165) is 78.3 Å². The maximum absolute atomic E-state index is 12.1. The Hall–Kier alpha value is -3.91. The van der Waals surface area contributed by atoms with E-state index in [1.807, 2.05) is 36.5 Å². The Morgan fingerprint density at radius 1 is 1.08 bits per heavy atom. The number of para-hydroxylation sites is 1. The number of aliphatic imine (C=N–C) groups is 1. The second-order valence-corrected chi connectivity index (χ2v) is 10.2. The first kappa shape index (κ1) is 25.7. The van der Waals surface area contributed by atoms with Gasteiger partial charge >= 0.3 is 0 Å². The molecule has 38 heavy (non-hydrogen) atoms. The smallest absolute Gasteiger partial charge is 0.222 e. The summed E-state index contributed by atoms with van der Waals surface area (Å²) < 4.78 is 0. The number of amides is 1. The minimum atomic E-state index is -0.384. The molecule has 2 fully saturated rings. The van der Waals surface area contributed by atoms with Crippen molar-refractivity contribution in [2.45, 2.75) is 44.7 Å². The van der Waals surface area contributed by atoms with Gasteiger partial charge in [-0.1, -0.05) is 30.3 Å². The van der Waals surface area contributed by atoms with Gasteiger partial charge in [0.25, 0.3) is 0 Å². The van der Waals surface area contributed by atoms with Gasteiger partial charge in [0.1, 0.15) is 5.82 Å². The third-order valence-electron chi connectivity index (χ3n) is 7.76. The van der Waals surface area contributed by atoms with E-state index < -0.39 is 0 Å². The molecule has 0 saturated carbocycles. The van der Waals surface area contributed by atoms with Crippen molar-refractivity contribution in [3.05, 3.63) is 77.0 Å². The molecule has 2 aromatic carbocycles. The molecular weight excluding hydrogens is 474 g/mol. The van der Waals surface area contributed by atoms with Gasteiger partial charge in [-0.15, -0.1) is 0 Å². The first-order chi connectivity index (χ1) is 18.5. The summed E-state index contributed by atoms with van der Waals surface area (Å²) in [4.78, 5) is 25.5. The van der Waals surface area contributed by atoms with Crippen LogP contribution in [0.2, 0.25) is 0 Å². The Morgan fingerprint density at radius 3 is 2.53 bits per heavy atom. The summed E-state index contributed by atoms with van der Waals surface area (Å²) in [6.45, 7) is 4.81. The van der Waals surface area contributed by atoms with Crippen molar-refractivity contribution in [1.29, 1.82) is 0 Å². The standard InChI is InChI=1S/C30H37N7O/c1-20-6-3-8-24(29(32)23-7-4-9-26(31)25(23)19-33-2)30(20)35-21-11-12-27(34-18-21)36-16-13-22(14-17-36)37-15-5-10-28(37)38/h3-4,6-9,11-12,18-19,22,29,35H,5,10,13-17,31-32H2,1-2H3. The van der Waals surface area contributed by atoms with Gasteiger partial charge in [0.2, 0.25) is 5.91 Å². The van der Waals surface area contributed by atoms with Crippen LogP contribution in [0.5, 0.6) is 0 Å². The van der Waals surface area contributed by atoms with Crippen molar-refractivity contribution < 1.29 is 4.79 Å². The number of carbonyl (C=O) groups excluding carboxylic acids is 1. The number of anilines is 4. The molecule has 1 amide bonds. The van der Waals surface area contributed by atoms with Gasteiger partial charge in [-0.25, -0.2) is 4.98 Å². The molecule has 2 saturated heterocycles.